The molecule has 0 radical (unpaired) electrons. The molecule has 2 rings (SSSR count). The average Bonchev–Trinajstić information content (AvgIpc) is 2.36. The number of pyridine rings is 1. The molecule has 6 heteroatoms. The summed E-state index contributed by atoms with van der Waals surface area (Å²) in [7, 11) is 1.80. The van der Waals surface area contributed by atoms with Crippen LogP contribution in [-0.4, -0.2) is 12.0 Å². The van der Waals surface area contributed by atoms with Crippen LogP contribution in [0.4, 0.5) is 8.78 Å². The smallest absolute Gasteiger partial charge is 0.238 e. The molecule has 1 aromatic carbocycles. The van der Waals surface area contributed by atoms with Gasteiger partial charge in [0.2, 0.25) is 5.88 Å². The van der Waals surface area contributed by atoms with E-state index in [1.54, 1.807) is 19.3 Å². The molecule has 1 aromatic heterocycles. The molecule has 0 atom stereocenters. The number of ether oxygens (including phenoxy) is 1. The molecule has 1 N–H and O–H groups in total. The van der Waals surface area contributed by atoms with Crippen molar-refractivity contribution in [1.29, 1.82) is 0 Å². The number of rotatable bonds is 4. The summed E-state index contributed by atoms with van der Waals surface area (Å²) in [6.45, 7) is 0.609. The van der Waals surface area contributed by atoms with Gasteiger partial charge in [0.15, 0.2) is 11.6 Å². The Morgan fingerprint density at radius 1 is 1.32 bits per heavy atom. The second-order valence-electron chi connectivity index (χ2n) is 3.84. The standard InChI is InChI=1S/C13H11ClF2N2O/c1-17-6-8-4-10(14)13(18-7-8)19-12-3-2-9(15)5-11(12)16/h2-5,7,17H,6H2,1H3. The highest BCUT2D eigenvalue weighted by atomic mass is 35.5. The lowest BCUT2D eigenvalue weighted by molar-refractivity contribution is 0.423. The van der Waals surface area contributed by atoms with E-state index in [-0.39, 0.29) is 16.7 Å². The SMILES string of the molecule is CNCc1cnc(Oc2ccc(F)cc2F)c(Cl)c1. The van der Waals surface area contributed by atoms with Crippen LogP contribution in [0.15, 0.2) is 30.5 Å². The molecule has 0 aliphatic carbocycles. The minimum atomic E-state index is -0.808. The normalized spacial score (nSPS) is 10.5. The molecule has 2 aromatic rings. The van der Waals surface area contributed by atoms with Crippen molar-refractivity contribution in [1.82, 2.24) is 10.3 Å². The summed E-state index contributed by atoms with van der Waals surface area (Å²) in [4.78, 5) is 4.00. The van der Waals surface area contributed by atoms with Crippen LogP contribution in [-0.2, 0) is 6.54 Å². The van der Waals surface area contributed by atoms with Crippen molar-refractivity contribution in [2.24, 2.45) is 0 Å². The number of hydrogen-bond acceptors (Lipinski definition) is 3. The Bertz CT molecular complexity index is 593. The van der Waals surface area contributed by atoms with Gasteiger partial charge in [-0.25, -0.2) is 13.8 Å². The van der Waals surface area contributed by atoms with Crippen LogP contribution in [0.2, 0.25) is 5.02 Å². The molecule has 0 amide bonds. The summed E-state index contributed by atoms with van der Waals surface area (Å²) < 4.78 is 31.4. The molecule has 0 saturated heterocycles. The first-order chi connectivity index (χ1) is 9.10. The third-order valence-electron chi connectivity index (χ3n) is 2.35. The zero-order chi connectivity index (χ0) is 13.8. The van der Waals surface area contributed by atoms with Crippen LogP contribution < -0.4 is 10.1 Å². The third-order valence-corrected chi connectivity index (χ3v) is 2.62. The quantitative estimate of drug-likeness (QED) is 0.933. The molecule has 0 aliphatic heterocycles. The van der Waals surface area contributed by atoms with E-state index < -0.39 is 11.6 Å². The van der Waals surface area contributed by atoms with Crippen molar-refractivity contribution in [2.75, 3.05) is 7.05 Å². The second kappa shape index (κ2) is 5.95. The first-order valence-electron chi connectivity index (χ1n) is 5.52. The van der Waals surface area contributed by atoms with Crippen LogP contribution in [0.5, 0.6) is 11.6 Å². The van der Waals surface area contributed by atoms with Gasteiger partial charge >= 0.3 is 0 Å². The van der Waals surface area contributed by atoms with Gasteiger partial charge in [-0.1, -0.05) is 11.6 Å². The van der Waals surface area contributed by atoms with E-state index in [4.69, 9.17) is 16.3 Å². The maximum Gasteiger partial charge on any atom is 0.238 e. The van der Waals surface area contributed by atoms with E-state index in [2.05, 4.69) is 10.3 Å². The summed E-state index contributed by atoms with van der Waals surface area (Å²) in [6, 6.07) is 4.69. The van der Waals surface area contributed by atoms with Crippen LogP contribution >= 0.6 is 11.6 Å². The van der Waals surface area contributed by atoms with E-state index >= 15 is 0 Å². The van der Waals surface area contributed by atoms with Gasteiger partial charge in [-0.3, -0.25) is 0 Å². The molecule has 100 valence electrons. The number of nitrogens with one attached hydrogen (secondary N) is 1. The lowest BCUT2D eigenvalue weighted by atomic mass is 10.3. The zero-order valence-corrected chi connectivity index (χ0v) is 10.8. The lowest BCUT2D eigenvalue weighted by Crippen LogP contribution is -2.05. The van der Waals surface area contributed by atoms with Gasteiger partial charge in [0.1, 0.15) is 10.8 Å². The third kappa shape index (κ3) is 3.39. The summed E-state index contributed by atoms with van der Waals surface area (Å²) in [5.41, 5.74) is 0.874. The lowest BCUT2D eigenvalue weighted by Gasteiger charge is -2.08. The largest absolute Gasteiger partial charge is 0.434 e. The van der Waals surface area contributed by atoms with Gasteiger partial charge < -0.3 is 10.1 Å². The predicted octanol–water partition coefficient (Wildman–Crippen LogP) is 3.52. The van der Waals surface area contributed by atoms with Crippen LogP contribution in [0.1, 0.15) is 5.56 Å². The number of hydrogen-bond donors (Lipinski definition) is 1. The van der Waals surface area contributed by atoms with Crippen LogP contribution in [0.25, 0.3) is 0 Å². The van der Waals surface area contributed by atoms with Crippen molar-refractivity contribution in [3.63, 3.8) is 0 Å². The molecule has 0 bridgehead atoms. The van der Waals surface area contributed by atoms with Crippen LogP contribution in [0.3, 0.4) is 0 Å². The van der Waals surface area contributed by atoms with Gasteiger partial charge in [0.25, 0.3) is 0 Å². The molecule has 1 heterocycles. The number of nitrogens with zero attached hydrogens (tertiary/aromatic N) is 1. The number of benzene rings is 1. The van der Waals surface area contributed by atoms with E-state index in [0.29, 0.717) is 6.54 Å². The maximum atomic E-state index is 13.4. The highest BCUT2D eigenvalue weighted by molar-refractivity contribution is 6.31. The number of aromatic nitrogens is 1. The van der Waals surface area contributed by atoms with Crippen molar-refractivity contribution < 1.29 is 13.5 Å². The summed E-state index contributed by atoms with van der Waals surface area (Å²) in [5, 5.41) is 3.22. The Balaban J connectivity index is 2.23. The molecular weight excluding hydrogens is 274 g/mol. The zero-order valence-electron chi connectivity index (χ0n) is 10.1. The average molecular weight is 285 g/mol. The predicted molar refractivity (Wildman–Crippen MR) is 68.4 cm³/mol. The maximum absolute atomic E-state index is 13.4. The first kappa shape index (κ1) is 13.7. The Hall–Kier alpha value is -1.72. The summed E-state index contributed by atoms with van der Waals surface area (Å²) in [5.74, 6) is -1.53. The Morgan fingerprint density at radius 2 is 2.11 bits per heavy atom. The summed E-state index contributed by atoms with van der Waals surface area (Å²) in [6.07, 6.45) is 1.57. The molecule has 0 spiro atoms. The minimum Gasteiger partial charge on any atom is -0.434 e. The fraction of sp³-hybridized carbons (Fsp3) is 0.154. The van der Waals surface area contributed by atoms with Gasteiger partial charge in [-0.15, -0.1) is 0 Å². The van der Waals surface area contributed by atoms with E-state index in [9.17, 15) is 8.78 Å². The Labute approximate surface area is 114 Å². The van der Waals surface area contributed by atoms with E-state index in [0.717, 1.165) is 17.7 Å². The fourth-order valence-corrected chi connectivity index (χ4v) is 1.73. The molecular formula is C13H11ClF2N2O. The van der Waals surface area contributed by atoms with Crippen molar-refractivity contribution in [3.8, 4) is 11.6 Å². The second-order valence-corrected chi connectivity index (χ2v) is 4.24. The molecule has 0 saturated carbocycles. The number of halogens is 3. The Kier molecular flexibility index (Phi) is 4.29. The van der Waals surface area contributed by atoms with Gasteiger partial charge in [-0.05, 0) is 30.8 Å². The molecule has 0 fully saturated rings. The Morgan fingerprint density at radius 3 is 2.74 bits per heavy atom. The molecule has 3 nitrogen and oxygen atoms in total. The molecule has 0 aliphatic rings. The van der Waals surface area contributed by atoms with Gasteiger partial charge in [0.05, 0.1) is 0 Å². The van der Waals surface area contributed by atoms with Crippen molar-refractivity contribution in [3.05, 3.63) is 52.7 Å². The van der Waals surface area contributed by atoms with Crippen molar-refractivity contribution >= 4 is 11.6 Å². The first-order valence-corrected chi connectivity index (χ1v) is 5.90. The van der Waals surface area contributed by atoms with Gasteiger partial charge in [0, 0.05) is 18.8 Å². The highest BCUT2D eigenvalue weighted by Gasteiger charge is 2.10. The van der Waals surface area contributed by atoms with Gasteiger partial charge in [-0.2, -0.15) is 0 Å². The minimum absolute atomic E-state index is 0.0760. The molecule has 0 unspecified atom stereocenters. The summed E-state index contributed by atoms with van der Waals surface area (Å²) >= 11 is 5.99. The fourth-order valence-electron chi connectivity index (χ4n) is 1.50. The van der Waals surface area contributed by atoms with E-state index in [1.807, 2.05) is 0 Å². The van der Waals surface area contributed by atoms with Crippen molar-refractivity contribution in [2.45, 2.75) is 6.54 Å². The van der Waals surface area contributed by atoms with E-state index in [1.165, 1.54) is 6.07 Å². The molecule has 19 heavy (non-hydrogen) atoms. The highest BCUT2D eigenvalue weighted by Crippen LogP contribution is 2.29. The topological polar surface area (TPSA) is 34.2 Å². The monoisotopic (exact) mass is 284 g/mol. The van der Waals surface area contributed by atoms with Crippen LogP contribution in [0, 0.1) is 11.6 Å².